The van der Waals surface area contributed by atoms with Crippen LogP contribution in [0.1, 0.15) is 33.6 Å². The molecule has 0 bridgehead atoms. The molecule has 1 aliphatic heterocycles. The van der Waals surface area contributed by atoms with Gasteiger partial charge in [0, 0.05) is 19.7 Å². The Morgan fingerprint density at radius 1 is 1.29 bits per heavy atom. The van der Waals surface area contributed by atoms with Gasteiger partial charge in [0.15, 0.2) is 0 Å². The Bertz CT molecular complexity index is 455. The Hall–Kier alpha value is -1.07. The number of alkyl halides is 1. The second-order valence-electron chi connectivity index (χ2n) is 5.69. The molecule has 0 radical (unpaired) electrons. The van der Waals surface area contributed by atoms with E-state index in [9.17, 15) is 9.59 Å². The second-order valence-corrected chi connectivity index (χ2v) is 6.00. The number of carbonyl (C=O) groups is 2. The lowest BCUT2D eigenvalue weighted by Crippen LogP contribution is -2.51. The zero-order chi connectivity index (χ0) is 15.6. The van der Waals surface area contributed by atoms with Gasteiger partial charge in [-0.1, -0.05) is 11.6 Å². The maximum absolute atomic E-state index is 11.5. The standard InChI is InChI=1S/C15H21ClO5/c1-9(5-7-16)13-14(21-11(3)18)12(20-10(2)17)4-6-15(13)8-19-15/h5,12-14H,4,6-8H2,1-3H3/b9-5+/t12-,13-,14+,15-/m0/s1. The van der Waals surface area contributed by atoms with Crippen molar-refractivity contribution in [1.82, 2.24) is 0 Å². The SMILES string of the molecule is CC(=O)O[C@@H]1[C@@H](OC(C)=O)CC[C@]2(CO2)[C@H]1/C(C)=C/CCl. The number of epoxide rings is 1. The molecule has 2 rings (SSSR count). The van der Waals surface area contributed by atoms with E-state index in [0.717, 1.165) is 12.0 Å². The molecule has 1 heterocycles. The van der Waals surface area contributed by atoms with Crippen LogP contribution in [0.2, 0.25) is 0 Å². The maximum atomic E-state index is 11.5. The van der Waals surface area contributed by atoms with Gasteiger partial charge in [-0.05, 0) is 19.8 Å². The second kappa shape index (κ2) is 6.36. The molecule has 1 aliphatic carbocycles. The van der Waals surface area contributed by atoms with Crippen LogP contribution in [0.3, 0.4) is 0 Å². The van der Waals surface area contributed by atoms with Crippen LogP contribution in [0.4, 0.5) is 0 Å². The first-order valence-corrected chi connectivity index (χ1v) is 7.64. The highest BCUT2D eigenvalue weighted by Crippen LogP contribution is 2.50. The van der Waals surface area contributed by atoms with E-state index < -0.39 is 18.2 Å². The van der Waals surface area contributed by atoms with Crippen molar-refractivity contribution in [3.8, 4) is 0 Å². The summed E-state index contributed by atoms with van der Waals surface area (Å²) in [5.74, 6) is -0.511. The average molecular weight is 317 g/mol. The van der Waals surface area contributed by atoms with E-state index in [2.05, 4.69) is 0 Å². The summed E-state index contributed by atoms with van der Waals surface area (Å²) in [6.07, 6.45) is 2.33. The monoisotopic (exact) mass is 316 g/mol. The van der Waals surface area contributed by atoms with Gasteiger partial charge in [0.1, 0.15) is 17.8 Å². The van der Waals surface area contributed by atoms with Crippen LogP contribution in [0.15, 0.2) is 11.6 Å². The summed E-state index contributed by atoms with van der Waals surface area (Å²) in [7, 11) is 0. The zero-order valence-electron chi connectivity index (χ0n) is 12.6. The predicted octanol–water partition coefficient (Wildman–Crippen LogP) is 2.21. The Kier molecular flexibility index (Phi) is 4.94. The van der Waals surface area contributed by atoms with Gasteiger partial charge in [0.05, 0.1) is 12.5 Å². The summed E-state index contributed by atoms with van der Waals surface area (Å²) in [5, 5.41) is 0. The molecule has 4 atom stereocenters. The predicted molar refractivity (Wildman–Crippen MR) is 77.0 cm³/mol. The summed E-state index contributed by atoms with van der Waals surface area (Å²) in [5.41, 5.74) is 0.703. The van der Waals surface area contributed by atoms with Crippen LogP contribution in [-0.4, -0.2) is 42.2 Å². The van der Waals surface area contributed by atoms with Gasteiger partial charge < -0.3 is 14.2 Å². The number of halogens is 1. The molecule has 21 heavy (non-hydrogen) atoms. The third-order valence-electron chi connectivity index (χ3n) is 4.14. The van der Waals surface area contributed by atoms with Crippen LogP contribution >= 0.6 is 11.6 Å². The number of allylic oxidation sites excluding steroid dienone is 1. The van der Waals surface area contributed by atoms with Crippen molar-refractivity contribution in [2.75, 3.05) is 12.5 Å². The molecule has 0 unspecified atom stereocenters. The van der Waals surface area contributed by atoms with Gasteiger partial charge in [-0.3, -0.25) is 9.59 Å². The summed E-state index contributed by atoms with van der Waals surface area (Å²) in [4.78, 5) is 22.7. The smallest absolute Gasteiger partial charge is 0.303 e. The lowest BCUT2D eigenvalue weighted by Gasteiger charge is -2.41. The highest BCUT2D eigenvalue weighted by Gasteiger charge is 2.60. The fraction of sp³-hybridized carbons (Fsp3) is 0.733. The van der Waals surface area contributed by atoms with E-state index in [0.29, 0.717) is 18.9 Å². The van der Waals surface area contributed by atoms with E-state index in [-0.39, 0.29) is 17.5 Å². The van der Waals surface area contributed by atoms with Gasteiger partial charge in [-0.2, -0.15) is 0 Å². The van der Waals surface area contributed by atoms with Crippen LogP contribution in [0.5, 0.6) is 0 Å². The highest BCUT2D eigenvalue weighted by atomic mass is 35.5. The third kappa shape index (κ3) is 3.58. The molecule has 1 saturated heterocycles. The summed E-state index contributed by atoms with van der Waals surface area (Å²) in [6.45, 7) is 5.30. The van der Waals surface area contributed by atoms with E-state index in [4.69, 9.17) is 25.8 Å². The molecule has 0 aromatic heterocycles. The quantitative estimate of drug-likeness (QED) is 0.344. The largest absolute Gasteiger partial charge is 0.459 e. The Morgan fingerprint density at radius 3 is 2.38 bits per heavy atom. The minimum atomic E-state index is -0.526. The van der Waals surface area contributed by atoms with Crippen LogP contribution < -0.4 is 0 Å². The molecule has 0 aromatic carbocycles. The molecule has 6 heteroatoms. The van der Waals surface area contributed by atoms with E-state index in [1.54, 1.807) is 0 Å². The molecule has 0 aromatic rings. The molecule has 1 saturated carbocycles. The minimum absolute atomic E-state index is 0.127. The number of rotatable bonds is 4. The Morgan fingerprint density at radius 2 is 1.90 bits per heavy atom. The number of hydrogen-bond acceptors (Lipinski definition) is 5. The van der Waals surface area contributed by atoms with Gasteiger partial charge in [-0.15, -0.1) is 11.6 Å². The number of ether oxygens (including phenoxy) is 3. The Balaban J connectivity index is 2.29. The molecule has 5 nitrogen and oxygen atoms in total. The van der Waals surface area contributed by atoms with E-state index in [1.807, 2.05) is 13.0 Å². The van der Waals surface area contributed by atoms with Crippen molar-refractivity contribution in [2.45, 2.75) is 51.4 Å². The Labute approximate surface area is 129 Å². The van der Waals surface area contributed by atoms with Crippen LogP contribution in [0, 0.1) is 5.92 Å². The molecule has 0 N–H and O–H groups in total. The molecule has 118 valence electrons. The fourth-order valence-electron chi connectivity index (χ4n) is 3.23. The van der Waals surface area contributed by atoms with Gasteiger partial charge in [0.2, 0.25) is 0 Å². The molecular formula is C15H21ClO5. The number of carbonyl (C=O) groups excluding carboxylic acids is 2. The third-order valence-corrected chi connectivity index (χ3v) is 4.29. The highest BCUT2D eigenvalue weighted by molar-refractivity contribution is 6.18. The van der Waals surface area contributed by atoms with Gasteiger partial charge in [0.25, 0.3) is 0 Å². The first kappa shape index (κ1) is 16.3. The zero-order valence-corrected chi connectivity index (χ0v) is 13.3. The number of hydrogen-bond donors (Lipinski definition) is 0. The van der Waals surface area contributed by atoms with Gasteiger partial charge in [-0.25, -0.2) is 0 Å². The normalized spacial score (nSPS) is 35.4. The van der Waals surface area contributed by atoms with Gasteiger partial charge >= 0.3 is 11.9 Å². The lowest BCUT2D eigenvalue weighted by molar-refractivity contribution is -0.176. The summed E-state index contributed by atoms with van der Waals surface area (Å²) < 4.78 is 16.5. The minimum Gasteiger partial charge on any atom is -0.459 e. The molecule has 2 aliphatic rings. The van der Waals surface area contributed by atoms with Crippen molar-refractivity contribution in [1.29, 1.82) is 0 Å². The van der Waals surface area contributed by atoms with E-state index in [1.165, 1.54) is 13.8 Å². The average Bonchev–Trinajstić information content (AvgIpc) is 3.12. The fourth-order valence-corrected chi connectivity index (χ4v) is 3.48. The molecule has 2 fully saturated rings. The topological polar surface area (TPSA) is 65.1 Å². The van der Waals surface area contributed by atoms with Crippen molar-refractivity contribution >= 4 is 23.5 Å². The first-order valence-electron chi connectivity index (χ1n) is 7.10. The summed E-state index contributed by atoms with van der Waals surface area (Å²) >= 11 is 5.79. The summed E-state index contributed by atoms with van der Waals surface area (Å²) in [6, 6.07) is 0. The van der Waals surface area contributed by atoms with Crippen molar-refractivity contribution < 1.29 is 23.8 Å². The lowest BCUT2D eigenvalue weighted by atomic mass is 9.72. The van der Waals surface area contributed by atoms with Crippen molar-refractivity contribution in [3.05, 3.63) is 11.6 Å². The molecule has 0 amide bonds. The van der Waals surface area contributed by atoms with Crippen molar-refractivity contribution in [2.24, 2.45) is 5.92 Å². The molecule has 1 spiro atoms. The van der Waals surface area contributed by atoms with E-state index >= 15 is 0 Å². The maximum Gasteiger partial charge on any atom is 0.303 e. The van der Waals surface area contributed by atoms with Crippen molar-refractivity contribution in [3.63, 3.8) is 0 Å². The number of esters is 2. The van der Waals surface area contributed by atoms with Crippen LogP contribution in [-0.2, 0) is 23.8 Å². The molecular weight excluding hydrogens is 296 g/mol. The van der Waals surface area contributed by atoms with Crippen LogP contribution in [0.25, 0.3) is 0 Å². The first-order chi connectivity index (χ1) is 9.89.